The van der Waals surface area contributed by atoms with E-state index in [1.54, 1.807) is 19.5 Å². The summed E-state index contributed by atoms with van der Waals surface area (Å²) >= 11 is 1.40. The second kappa shape index (κ2) is 8.02. The molecule has 1 N–H and O–H groups in total. The zero-order chi connectivity index (χ0) is 19.5. The molecular weight excluding hydrogens is 374 g/mol. The van der Waals surface area contributed by atoms with Gasteiger partial charge in [0.15, 0.2) is 11.0 Å². The highest BCUT2D eigenvalue weighted by molar-refractivity contribution is 8.00. The molecule has 1 aliphatic rings. The van der Waals surface area contributed by atoms with Gasteiger partial charge in [-0.2, -0.15) is 0 Å². The van der Waals surface area contributed by atoms with E-state index < -0.39 is 0 Å². The van der Waals surface area contributed by atoms with Gasteiger partial charge in [0.1, 0.15) is 5.75 Å². The lowest BCUT2D eigenvalue weighted by molar-refractivity contribution is -0.120. The van der Waals surface area contributed by atoms with E-state index in [0.717, 1.165) is 29.8 Å². The summed E-state index contributed by atoms with van der Waals surface area (Å²) < 4.78 is 7.22. The quantitative estimate of drug-likeness (QED) is 0.619. The first kappa shape index (κ1) is 18.5. The molecule has 1 unspecified atom stereocenters. The predicted molar refractivity (Wildman–Crippen MR) is 108 cm³/mol. The van der Waals surface area contributed by atoms with Gasteiger partial charge in [-0.05, 0) is 56.2 Å². The van der Waals surface area contributed by atoms with Gasteiger partial charge in [0.05, 0.1) is 12.4 Å². The number of hydrogen-bond donors (Lipinski definition) is 1. The number of nitrogens with zero attached hydrogens (tertiary/aromatic N) is 4. The van der Waals surface area contributed by atoms with E-state index in [9.17, 15) is 4.79 Å². The molecule has 1 fully saturated rings. The number of carbonyl (C=O) groups excluding carboxylic acids is 1. The summed E-state index contributed by atoms with van der Waals surface area (Å²) in [7, 11) is 1.64. The van der Waals surface area contributed by atoms with Crippen molar-refractivity contribution in [1.82, 2.24) is 25.1 Å². The standard InChI is InChI=1S/C20H21N5O2S/c1-13(19(26)22-15-3-4-15)28-20-24-23-18(14-9-11-21-12-10-14)25(20)16-5-7-17(27-2)8-6-16/h5-13,15H,3-4H2,1-2H3,(H,22,26). The molecule has 3 aromatic rings. The van der Waals surface area contributed by atoms with Crippen LogP contribution in [-0.2, 0) is 4.79 Å². The van der Waals surface area contributed by atoms with Crippen LogP contribution in [0.1, 0.15) is 19.8 Å². The molecule has 7 nitrogen and oxygen atoms in total. The fraction of sp³-hybridized carbons (Fsp3) is 0.300. The third kappa shape index (κ3) is 4.01. The van der Waals surface area contributed by atoms with Crippen LogP contribution in [0.5, 0.6) is 5.75 Å². The topological polar surface area (TPSA) is 81.9 Å². The normalized spacial score (nSPS) is 14.5. The van der Waals surface area contributed by atoms with Gasteiger partial charge in [0.25, 0.3) is 0 Å². The number of methoxy groups -OCH3 is 1. The molecule has 0 spiro atoms. The predicted octanol–water partition coefficient (Wildman–Crippen LogP) is 3.10. The Labute approximate surface area is 167 Å². The summed E-state index contributed by atoms with van der Waals surface area (Å²) in [5.74, 6) is 1.50. The smallest absolute Gasteiger partial charge is 0.233 e. The molecular formula is C20H21N5O2S. The summed E-state index contributed by atoms with van der Waals surface area (Å²) in [5, 5.41) is 12.2. The second-order valence-corrected chi connectivity index (χ2v) is 7.93. The van der Waals surface area contributed by atoms with Crippen LogP contribution in [-0.4, -0.2) is 44.1 Å². The number of pyridine rings is 1. The Kier molecular flexibility index (Phi) is 5.29. The Morgan fingerprint density at radius 1 is 1.18 bits per heavy atom. The average molecular weight is 395 g/mol. The number of thioether (sulfide) groups is 1. The SMILES string of the molecule is COc1ccc(-n2c(SC(C)C(=O)NC3CC3)nnc2-c2ccncc2)cc1. The molecule has 1 aromatic carbocycles. The molecule has 0 aliphatic heterocycles. The number of benzene rings is 1. The minimum Gasteiger partial charge on any atom is -0.497 e. The van der Waals surface area contributed by atoms with E-state index in [1.807, 2.05) is 47.9 Å². The first-order valence-corrected chi connectivity index (χ1v) is 10.0. The van der Waals surface area contributed by atoms with Gasteiger partial charge in [-0.3, -0.25) is 14.3 Å². The van der Waals surface area contributed by atoms with Crippen molar-refractivity contribution >= 4 is 17.7 Å². The van der Waals surface area contributed by atoms with Crippen LogP contribution in [0, 0.1) is 0 Å². The molecule has 28 heavy (non-hydrogen) atoms. The van der Waals surface area contributed by atoms with E-state index in [1.165, 1.54) is 11.8 Å². The molecule has 2 heterocycles. The molecule has 8 heteroatoms. The van der Waals surface area contributed by atoms with Crippen molar-refractivity contribution in [3.63, 3.8) is 0 Å². The summed E-state index contributed by atoms with van der Waals surface area (Å²) in [6.07, 6.45) is 5.58. The van der Waals surface area contributed by atoms with Gasteiger partial charge >= 0.3 is 0 Å². The Hall–Kier alpha value is -2.87. The Balaban J connectivity index is 1.69. The van der Waals surface area contributed by atoms with Gasteiger partial charge in [-0.15, -0.1) is 10.2 Å². The third-order valence-corrected chi connectivity index (χ3v) is 5.52. The van der Waals surface area contributed by atoms with Crippen LogP contribution in [0.25, 0.3) is 17.1 Å². The van der Waals surface area contributed by atoms with E-state index in [4.69, 9.17) is 4.74 Å². The second-order valence-electron chi connectivity index (χ2n) is 6.62. The van der Waals surface area contributed by atoms with E-state index in [2.05, 4.69) is 20.5 Å². The van der Waals surface area contributed by atoms with Crippen LogP contribution < -0.4 is 10.1 Å². The lowest BCUT2D eigenvalue weighted by Gasteiger charge is -2.14. The summed E-state index contributed by atoms with van der Waals surface area (Å²) in [6, 6.07) is 11.8. The average Bonchev–Trinajstić information content (AvgIpc) is 3.45. The van der Waals surface area contributed by atoms with Crippen molar-refractivity contribution in [1.29, 1.82) is 0 Å². The maximum absolute atomic E-state index is 12.4. The number of rotatable bonds is 7. The summed E-state index contributed by atoms with van der Waals surface area (Å²) in [5.41, 5.74) is 1.80. The fourth-order valence-corrected chi connectivity index (χ4v) is 3.63. The minimum absolute atomic E-state index is 0.0299. The van der Waals surface area contributed by atoms with Crippen molar-refractivity contribution in [2.75, 3.05) is 7.11 Å². The Morgan fingerprint density at radius 2 is 1.89 bits per heavy atom. The molecule has 1 atom stereocenters. The van der Waals surface area contributed by atoms with Crippen molar-refractivity contribution in [3.05, 3.63) is 48.8 Å². The van der Waals surface area contributed by atoms with Crippen LogP contribution >= 0.6 is 11.8 Å². The highest BCUT2D eigenvalue weighted by atomic mass is 32.2. The maximum atomic E-state index is 12.4. The molecule has 0 radical (unpaired) electrons. The van der Waals surface area contributed by atoms with Crippen LogP contribution in [0.15, 0.2) is 53.9 Å². The zero-order valence-corrected chi connectivity index (χ0v) is 16.5. The Morgan fingerprint density at radius 3 is 2.54 bits per heavy atom. The largest absolute Gasteiger partial charge is 0.497 e. The first-order valence-electron chi connectivity index (χ1n) is 9.13. The molecule has 2 aromatic heterocycles. The molecule has 1 aliphatic carbocycles. The van der Waals surface area contributed by atoms with Crippen molar-refractivity contribution < 1.29 is 9.53 Å². The van der Waals surface area contributed by atoms with Crippen molar-refractivity contribution in [2.24, 2.45) is 0 Å². The van der Waals surface area contributed by atoms with E-state index >= 15 is 0 Å². The number of ether oxygens (including phenoxy) is 1. The molecule has 1 amide bonds. The molecule has 4 rings (SSSR count). The highest BCUT2D eigenvalue weighted by Gasteiger charge is 2.27. The van der Waals surface area contributed by atoms with E-state index in [-0.39, 0.29) is 11.2 Å². The molecule has 0 saturated heterocycles. The number of carbonyl (C=O) groups is 1. The third-order valence-electron chi connectivity index (χ3n) is 4.48. The number of aromatic nitrogens is 4. The lowest BCUT2D eigenvalue weighted by atomic mass is 10.2. The van der Waals surface area contributed by atoms with Gasteiger partial charge < -0.3 is 10.1 Å². The number of amides is 1. The maximum Gasteiger partial charge on any atom is 0.233 e. The highest BCUT2D eigenvalue weighted by Crippen LogP contribution is 2.31. The number of nitrogens with one attached hydrogen (secondary N) is 1. The summed E-state index contributed by atoms with van der Waals surface area (Å²) in [6.45, 7) is 1.89. The van der Waals surface area contributed by atoms with Gasteiger partial charge in [-0.25, -0.2) is 0 Å². The van der Waals surface area contributed by atoms with E-state index in [0.29, 0.717) is 17.0 Å². The fourth-order valence-electron chi connectivity index (χ4n) is 2.76. The Bertz CT molecular complexity index is 954. The van der Waals surface area contributed by atoms with Gasteiger partial charge in [0, 0.05) is 29.7 Å². The molecule has 0 bridgehead atoms. The minimum atomic E-state index is -0.271. The summed E-state index contributed by atoms with van der Waals surface area (Å²) in [4.78, 5) is 16.5. The van der Waals surface area contributed by atoms with Crippen molar-refractivity contribution in [2.45, 2.75) is 36.2 Å². The van der Waals surface area contributed by atoms with Gasteiger partial charge in [0.2, 0.25) is 5.91 Å². The van der Waals surface area contributed by atoms with Gasteiger partial charge in [-0.1, -0.05) is 11.8 Å². The van der Waals surface area contributed by atoms with Crippen molar-refractivity contribution in [3.8, 4) is 22.8 Å². The number of hydrogen-bond acceptors (Lipinski definition) is 6. The van der Waals surface area contributed by atoms with Crippen LogP contribution in [0.3, 0.4) is 0 Å². The zero-order valence-electron chi connectivity index (χ0n) is 15.7. The van der Waals surface area contributed by atoms with Crippen LogP contribution in [0.2, 0.25) is 0 Å². The van der Waals surface area contributed by atoms with Crippen LogP contribution in [0.4, 0.5) is 0 Å². The lowest BCUT2D eigenvalue weighted by Crippen LogP contribution is -2.32. The first-order chi connectivity index (χ1) is 13.7. The molecule has 1 saturated carbocycles. The monoisotopic (exact) mass is 395 g/mol. The molecule has 144 valence electrons.